The lowest BCUT2D eigenvalue weighted by Crippen LogP contribution is -2.32. The van der Waals surface area contributed by atoms with E-state index in [9.17, 15) is 4.79 Å². The standard InChI is InChI=1S/C9H16N4O/c1-10-9(14)7-11-4-3-8-12-5-6-13(8)2/h5-6,11H,3-4,7H2,1-2H3,(H,10,14). The van der Waals surface area contributed by atoms with Crippen molar-refractivity contribution < 1.29 is 4.79 Å². The van der Waals surface area contributed by atoms with Crippen LogP contribution in [0.5, 0.6) is 0 Å². The molecule has 0 aliphatic carbocycles. The second-order valence-corrected chi connectivity index (χ2v) is 3.05. The fourth-order valence-electron chi connectivity index (χ4n) is 1.13. The van der Waals surface area contributed by atoms with Gasteiger partial charge in [0.05, 0.1) is 6.54 Å². The van der Waals surface area contributed by atoms with Crippen LogP contribution >= 0.6 is 0 Å². The van der Waals surface area contributed by atoms with Crippen molar-refractivity contribution in [2.75, 3.05) is 20.1 Å². The van der Waals surface area contributed by atoms with Gasteiger partial charge in [0, 0.05) is 39.5 Å². The smallest absolute Gasteiger partial charge is 0.233 e. The molecule has 2 N–H and O–H groups in total. The number of rotatable bonds is 5. The van der Waals surface area contributed by atoms with Gasteiger partial charge in [0.15, 0.2) is 0 Å². The van der Waals surface area contributed by atoms with Gasteiger partial charge < -0.3 is 15.2 Å². The molecule has 0 atom stereocenters. The van der Waals surface area contributed by atoms with Crippen LogP contribution in [0.3, 0.4) is 0 Å². The highest BCUT2D eigenvalue weighted by atomic mass is 16.1. The zero-order valence-corrected chi connectivity index (χ0v) is 8.58. The first-order chi connectivity index (χ1) is 6.74. The van der Waals surface area contributed by atoms with Gasteiger partial charge in [0.2, 0.25) is 5.91 Å². The SMILES string of the molecule is CNC(=O)CNCCc1nccn1C. The van der Waals surface area contributed by atoms with E-state index in [1.54, 1.807) is 13.2 Å². The predicted octanol–water partition coefficient (Wildman–Crippen LogP) is -0.702. The van der Waals surface area contributed by atoms with E-state index in [-0.39, 0.29) is 5.91 Å². The van der Waals surface area contributed by atoms with Gasteiger partial charge >= 0.3 is 0 Å². The van der Waals surface area contributed by atoms with Gasteiger partial charge in [0.1, 0.15) is 5.82 Å². The second kappa shape index (κ2) is 5.39. The van der Waals surface area contributed by atoms with Gasteiger partial charge in [-0.2, -0.15) is 0 Å². The Balaban J connectivity index is 2.16. The molecule has 0 aliphatic heterocycles. The molecule has 1 rings (SSSR count). The molecule has 1 amide bonds. The third-order valence-corrected chi connectivity index (χ3v) is 2.01. The number of nitrogens with zero attached hydrogens (tertiary/aromatic N) is 2. The lowest BCUT2D eigenvalue weighted by atomic mass is 10.4. The predicted molar refractivity (Wildman–Crippen MR) is 53.8 cm³/mol. The summed E-state index contributed by atoms with van der Waals surface area (Å²) < 4.78 is 1.97. The number of likely N-dealkylation sites (N-methyl/N-ethyl adjacent to an activating group) is 1. The van der Waals surface area contributed by atoms with E-state index in [0.29, 0.717) is 6.54 Å². The molecule has 14 heavy (non-hydrogen) atoms. The molecule has 0 unspecified atom stereocenters. The van der Waals surface area contributed by atoms with Gasteiger partial charge in [-0.1, -0.05) is 0 Å². The summed E-state index contributed by atoms with van der Waals surface area (Å²) in [5.41, 5.74) is 0. The van der Waals surface area contributed by atoms with Crippen LogP contribution in [0.1, 0.15) is 5.82 Å². The molecule has 78 valence electrons. The summed E-state index contributed by atoms with van der Waals surface area (Å²) in [5.74, 6) is 1.03. The number of aryl methyl sites for hydroxylation is 1. The van der Waals surface area contributed by atoms with Crippen LogP contribution in [-0.4, -0.2) is 35.6 Å². The Labute approximate surface area is 83.5 Å². The van der Waals surface area contributed by atoms with Crippen molar-refractivity contribution in [1.29, 1.82) is 0 Å². The zero-order chi connectivity index (χ0) is 10.4. The highest BCUT2D eigenvalue weighted by molar-refractivity contribution is 5.77. The van der Waals surface area contributed by atoms with E-state index in [2.05, 4.69) is 15.6 Å². The number of carbonyl (C=O) groups excluding carboxylic acids is 1. The molecule has 0 saturated carbocycles. The lowest BCUT2D eigenvalue weighted by Gasteiger charge is -2.03. The highest BCUT2D eigenvalue weighted by Gasteiger charge is 1.99. The molecule has 1 aromatic rings. The normalized spacial score (nSPS) is 10.1. The second-order valence-electron chi connectivity index (χ2n) is 3.05. The van der Waals surface area contributed by atoms with Crippen molar-refractivity contribution in [3.8, 4) is 0 Å². The maximum atomic E-state index is 10.8. The first-order valence-electron chi connectivity index (χ1n) is 4.61. The Bertz CT molecular complexity index is 295. The van der Waals surface area contributed by atoms with Crippen molar-refractivity contribution in [2.45, 2.75) is 6.42 Å². The topological polar surface area (TPSA) is 59.0 Å². The fraction of sp³-hybridized carbons (Fsp3) is 0.556. The Morgan fingerprint density at radius 3 is 3.00 bits per heavy atom. The largest absolute Gasteiger partial charge is 0.358 e. The fourth-order valence-corrected chi connectivity index (χ4v) is 1.13. The van der Waals surface area contributed by atoms with E-state index in [0.717, 1.165) is 18.8 Å². The van der Waals surface area contributed by atoms with Crippen molar-refractivity contribution in [1.82, 2.24) is 20.2 Å². The third kappa shape index (κ3) is 3.18. The van der Waals surface area contributed by atoms with E-state index >= 15 is 0 Å². The molecule has 0 fully saturated rings. The average molecular weight is 196 g/mol. The molecule has 5 nitrogen and oxygen atoms in total. The number of hydrogen-bond acceptors (Lipinski definition) is 3. The molecular weight excluding hydrogens is 180 g/mol. The van der Waals surface area contributed by atoms with Crippen molar-refractivity contribution >= 4 is 5.91 Å². The maximum Gasteiger partial charge on any atom is 0.233 e. The van der Waals surface area contributed by atoms with E-state index < -0.39 is 0 Å². The van der Waals surface area contributed by atoms with Gasteiger partial charge in [-0.15, -0.1) is 0 Å². The van der Waals surface area contributed by atoms with Crippen LogP contribution in [0.15, 0.2) is 12.4 Å². The molecule has 0 aliphatic rings. The van der Waals surface area contributed by atoms with E-state index in [4.69, 9.17) is 0 Å². The van der Waals surface area contributed by atoms with Crippen LogP contribution in [0.25, 0.3) is 0 Å². The number of carbonyl (C=O) groups is 1. The van der Waals surface area contributed by atoms with Crippen molar-refractivity contribution in [3.63, 3.8) is 0 Å². The van der Waals surface area contributed by atoms with Gasteiger partial charge in [0.25, 0.3) is 0 Å². The zero-order valence-electron chi connectivity index (χ0n) is 8.58. The molecule has 0 saturated heterocycles. The summed E-state index contributed by atoms with van der Waals surface area (Å²) >= 11 is 0. The number of hydrogen-bond donors (Lipinski definition) is 2. The minimum absolute atomic E-state index is 0.00448. The van der Waals surface area contributed by atoms with Gasteiger partial charge in [-0.25, -0.2) is 4.98 Å². The van der Waals surface area contributed by atoms with E-state index in [1.165, 1.54) is 0 Å². The first kappa shape index (κ1) is 10.7. The van der Waals surface area contributed by atoms with Gasteiger partial charge in [-0.3, -0.25) is 4.79 Å². The molecule has 0 radical (unpaired) electrons. The Morgan fingerprint density at radius 1 is 1.64 bits per heavy atom. The highest BCUT2D eigenvalue weighted by Crippen LogP contribution is 1.93. The van der Waals surface area contributed by atoms with Crippen molar-refractivity contribution in [2.24, 2.45) is 7.05 Å². The Hall–Kier alpha value is -1.36. The summed E-state index contributed by atoms with van der Waals surface area (Å²) in [4.78, 5) is 15.0. The average Bonchev–Trinajstić information content (AvgIpc) is 2.58. The summed E-state index contributed by atoms with van der Waals surface area (Å²) in [6.45, 7) is 1.12. The molecule has 1 heterocycles. The van der Waals surface area contributed by atoms with Crippen LogP contribution in [0.4, 0.5) is 0 Å². The van der Waals surface area contributed by atoms with Crippen molar-refractivity contribution in [3.05, 3.63) is 18.2 Å². The minimum Gasteiger partial charge on any atom is -0.358 e. The van der Waals surface area contributed by atoms with E-state index in [1.807, 2.05) is 17.8 Å². The summed E-state index contributed by atoms with van der Waals surface area (Å²) in [7, 11) is 3.59. The van der Waals surface area contributed by atoms with Crippen LogP contribution < -0.4 is 10.6 Å². The van der Waals surface area contributed by atoms with Crippen LogP contribution in [0, 0.1) is 0 Å². The Morgan fingerprint density at radius 2 is 2.43 bits per heavy atom. The summed E-state index contributed by atoms with van der Waals surface area (Å²) in [6.07, 6.45) is 4.52. The maximum absolute atomic E-state index is 10.8. The lowest BCUT2D eigenvalue weighted by molar-refractivity contribution is -0.119. The third-order valence-electron chi connectivity index (χ3n) is 2.01. The number of nitrogens with one attached hydrogen (secondary N) is 2. The minimum atomic E-state index is 0.00448. The monoisotopic (exact) mass is 196 g/mol. The van der Waals surface area contributed by atoms with Gasteiger partial charge in [-0.05, 0) is 0 Å². The molecule has 0 bridgehead atoms. The number of imidazole rings is 1. The van der Waals surface area contributed by atoms with Crippen LogP contribution in [0.2, 0.25) is 0 Å². The summed E-state index contributed by atoms with van der Waals surface area (Å²) in [6, 6.07) is 0. The molecular formula is C9H16N4O. The first-order valence-corrected chi connectivity index (χ1v) is 4.61. The Kier molecular flexibility index (Phi) is 4.12. The van der Waals surface area contributed by atoms with Crippen LogP contribution in [-0.2, 0) is 18.3 Å². The number of aromatic nitrogens is 2. The molecule has 0 spiro atoms. The summed E-state index contributed by atoms with van der Waals surface area (Å²) in [5, 5.41) is 5.58. The number of amides is 1. The quantitative estimate of drug-likeness (QED) is 0.612. The molecule has 1 aromatic heterocycles. The molecule has 5 heteroatoms. The molecule has 0 aromatic carbocycles.